The lowest BCUT2D eigenvalue weighted by molar-refractivity contribution is 0.0656. The zero-order valence-corrected chi connectivity index (χ0v) is 11.1. The van der Waals surface area contributed by atoms with Crippen molar-refractivity contribution in [3.8, 4) is 0 Å². The highest BCUT2D eigenvalue weighted by Gasteiger charge is 2.25. The SMILES string of the molecule is C[C@H]1CNCCN1C(=O)c1cccc(Cl)c1Cl. The van der Waals surface area contributed by atoms with Gasteiger partial charge in [-0.15, -0.1) is 0 Å². The fourth-order valence-electron chi connectivity index (χ4n) is 1.97. The molecule has 0 spiro atoms. The Hall–Kier alpha value is -0.770. The van der Waals surface area contributed by atoms with Gasteiger partial charge < -0.3 is 10.2 Å². The van der Waals surface area contributed by atoms with Crippen molar-refractivity contribution in [1.82, 2.24) is 10.2 Å². The molecule has 92 valence electrons. The lowest BCUT2D eigenvalue weighted by Gasteiger charge is -2.34. The summed E-state index contributed by atoms with van der Waals surface area (Å²) in [5.74, 6) is -0.0495. The minimum atomic E-state index is -0.0495. The molecule has 5 heteroatoms. The Labute approximate surface area is 111 Å². The summed E-state index contributed by atoms with van der Waals surface area (Å²) in [5, 5.41) is 4.00. The van der Waals surface area contributed by atoms with Gasteiger partial charge >= 0.3 is 0 Å². The van der Waals surface area contributed by atoms with Crippen molar-refractivity contribution in [2.75, 3.05) is 19.6 Å². The summed E-state index contributed by atoms with van der Waals surface area (Å²) in [6.45, 7) is 4.34. The van der Waals surface area contributed by atoms with Crippen LogP contribution in [0.15, 0.2) is 18.2 Å². The van der Waals surface area contributed by atoms with Gasteiger partial charge in [0, 0.05) is 25.7 Å². The molecule has 1 aliphatic rings. The van der Waals surface area contributed by atoms with Crippen molar-refractivity contribution in [3.63, 3.8) is 0 Å². The van der Waals surface area contributed by atoms with Gasteiger partial charge in [-0.3, -0.25) is 4.79 Å². The average Bonchev–Trinajstić information content (AvgIpc) is 2.32. The molecule has 0 unspecified atom stereocenters. The fourth-order valence-corrected chi connectivity index (χ4v) is 2.35. The maximum atomic E-state index is 12.3. The molecule has 1 heterocycles. The normalized spacial score (nSPS) is 20.4. The van der Waals surface area contributed by atoms with E-state index in [2.05, 4.69) is 5.32 Å². The zero-order chi connectivity index (χ0) is 12.4. The summed E-state index contributed by atoms with van der Waals surface area (Å²) in [6.07, 6.45) is 0. The highest BCUT2D eigenvalue weighted by atomic mass is 35.5. The van der Waals surface area contributed by atoms with Crippen molar-refractivity contribution < 1.29 is 4.79 Å². The van der Waals surface area contributed by atoms with Gasteiger partial charge in [0.2, 0.25) is 0 Å². The molecule has 0 saturated carbocycles. The van der Waals surface area contributed by atoms with Crippen LogP contribution < -0.4 is 5.32 Å². The topological polar surface area (TPSA) is 32.3 Å². The summed E-state index contributed by atoms with van der Waals surface area (Å²) in [7, 11) is 0. The maximum Gasteiger partial charge on any atom is 0.255 e. The van der Waals surface area contributed by atoms with E-state index in [1.54, 1.807) is 18.2 Å². The third-order valence-electron chi connectivity index (χ3n) is 2.94. The number of nitrogens with one attached hydrogen (secondary N) is 1. The molecular formula is C12H14Cl2N2O. The molecule has 0 aliphatic carbocycles. The van der Waals surface area contributed by atoms with Gasteiger partial charge in [-0.2, -0.15) is 0 Å². The highest BCUT2D eigenvalue weighted by molar-refractivity contribution is 6.43. The number of rotatable bonds is 1. The molecule has 1 aromatic rings. The monoisotopic (exact) mass is 272 g/mol. The van der Waals surface area contributed by atoms with Crippen molar-refractivity contribution in [3.05, 3.63) is 33.8 Å². The van der Waals surface area contributed by atoms with Gasteiger partial charge in [0.05, 0.1) is 15.6 Å². The summed E-state index contributed by atoms with van der Waals surface area (Å²) >= 11 is 12.0. The van der Waals surface area contributed by atoms with Crippen molar-refractivity contribution in [1.29, 1.82) is 0 Å². The van der Waals surface area contributed by atoms with Crippen LogP contribution in [0, 0.1) is 0 Å². The minimum absolute atomic E-state index is 0.0495. The summed E-state index contributed by atoms with van der Waals surface area (Å²) in [6, 6.07) is 5.31. The predicted molar refractivity (Wildman–Crippen MR) is 69.8 cm³/mol. The number of carbonyl (C=O) groups is 1. The van der Waals surface area contributed by atoms with Gasteiger partial charge in [-0.05, 0) is 19.1 Å². The summed E-state index contributed by atoms with van der Waals surface area (Å²) in [5.41, 5.74) is 0.480. The third kappa shape index (κ3) is 2.57. The molecule has 1 N–H and O–H groups in total. The van der Waals surface area contributed by atoms with Crippen LogP contribution in [0.4, 0.5) is 0 Å². The van der Waals surface area contributed by atoms with E-state index < -0.39 is 0 Å². The van der Waals surface area contributed by atoms with Crippen LogP contribution in [0.1, 0.15) is 17.3 Å². The number of nitrogens with zero attached hydrogens (tertiary/aromatic N) is 1. The fraction of sp³-hybridized carbons (Fsp3) is 0.417. The highest BCUT2D eigenvalue weighted by Crippen LogP contribution is 2.27. The molecule has 1 aromatic carbocycles. The van der Waals surface area contributed by atoms with E-state index >= 15 is 0 Å². The first-order valence-electron chi connectivity index (χ1n) is 5.57. The Morgan fingerprint density at radius 3 is 2.94 bits per heavy atom. The number of hydrogen-bond acceptors (Lipinski definition) is 2. The first-order valence-corrected chi connectivity index (χ1v) is 6.32. The molecule has 17 heavy (non-hydrogen) atoms. The van der Waals surface area contributed by atoms with Gasteiger partial charge in [-0.25, -0.2) is 0 Å². The quantitative estimate of drug-likeness (QED) is 0.852. The van der Waals surface area contributed by atoms with Crippen LogP contribution in [-0.4, -0.2) is 36.5 Å². The Kier molecular flexibility index (Phi) is 3.92. The Morgan fingerprint density at radius 2 is 2.24 bits per heavy atom. The minimum Gasteiger partial charge on any atom is -0.333 e. The van der Waals surface area contributed by atoms with Crippen LogP contribution in [0.5, 0.6) is 0 Å². The second-order valence-electron chi connectivity index (χ2n) is 4.15. The van der Waals surface area contributed by atoms with E-state index in [4.69, 9.17) is 23.2 Å². The molecule has 1 atom stereocenters. The Morgan fingerprint density at radius 1 is 1.47 bits per heavy atom. The summed E-state index contributed by atoms with van der Waals surface area (Å²) < 4.78 is 0. The van der Waals surface area contributed by atoms with E-state index in [0.717, 1.165) is 13.1 Å². The number of benzene rings is 1. The van der Waals surface area contributed by atoms with E-state index in [0.29, 0.717) is 22.2 Å². The second-order valence-corrected chi connectivity index (χ2v) is 4.94. The molecule has 2 rings (SSSR count). The second kappa shape index (κ2) is 5.25. The Balaban J connectivity index is 2.27. The number of piperazine rings is 1. The lowest BCUT2D eigenvalue weighted by atomic mass is 10.1. The van der Waals surface area contributed by atoms with Gasteiger partial charge in [0.25, 0.3) is 5.91 Å². The Bertz CT molecular complexity index is 437. The molecule has 1 saturated heterocycles. The third-order valence-corrected chi connectivity index (χ3v) is 3.76. The van der Waals surface area contributed by atoms with Gasteiger partial charge in [0.15, 0.2) is 0 Å². The van der Waals surface area contributed by atoms with Crippen LogP contribution in [0.2, 0.25) is 10.0 Å². The average molecular weight is 273 g/mol. The molecule has 1 fully saturated rings. The standard InChI is InChI=1S/C12H14Cl2N2O/c1-8-7-15-5-6-16(8)12(17)9-3-2-4-10(13)11(9)14/h2-4,8,15H,5-7H2,1H3/t8-/m0/s1. The molecule has 0 aromatic heterocycles. The van der Waals surface area contributed by atoms with Crippen molar-refractivity contribution in [2.45, 2.75) is 13.0 Å². The van der Waals surface area contributed by atoms with E-state index in [9.17, 15) is 4.79 Å². The smallest absolute Gasteiger partial charge is 0.255 e. The number of amides is 1. The molecule has 1 amide bonds. The molecule has 3 nitrogen and oxygen atoms in total. The first-order chi connectivity index (χ1) is 8.11. The van der Waals surface area contributed by atoms with Gasteiger partial charge in [-0.1, -0.05) is 29.3 Å². The number of hydrogen-bond donors (Lipinski definition) is 1. The lowest BCUT2D eigenvalue weighted by Crippen LogP contribution is -2.52. The van der Waals surface area contributed by atoms with E-state index in [1.807, 2.05) is 11.8 Å². The summed E-state index contributed by atoms with van der Waals surface area (Å²) in [4.78, 5) is 14.2. The van der Waals surface area contributed by atoms with Crippen LogP contribution in [0.3, 0.4) is 0 Å². The van der Waals surface area contributed by atoms with Crippen LogP contribution >= 0.6 is 23.2 Å². The van der Waals surface area contributed by atoms with Crippen molar-refractivity contribution >= 4 is 29.1 Å². The molecule has 1 aliphatic heterocycles. The van der Waals surface area contributed by atoms with Crippen LogP contribution in [0.25, 0.3) is 0 Å². The largest absolute Gasteiger partial charge is 0.333 e. The van der Waals surface area contributed by atoms with E-state index in [-0.39, 0.29) is 11.9 Å². The number of halogens is 2. The maximum absolute atomic E-state index is 12.3. The zero-order valence-electron chi connectivity index (χ0n) is 9.54. The van der Waals surface area contributed by atoms with Crippen molar-refractivity contribution in [2.24, 2.45) is 0 Å². The molecular weight excluding hydrogens is 259 g/mol. The van der Waals surface area contributed by atoms with Crippen LogP contribution in [-0.2, 0) is 0 Å². The van der Waals surface area contributed by atoms with E-state index in [1.165, 1.54) is 0 Å². The van der Waals surface area contributed by atoms with Gasteiger partial charge in [0.1, 0.15) is 0 Å². The molecule has 0 bridgehead atoms. The number of carbonyl (C=O) groups excluding carboxylic acids is 1. The predicted octanol–water partition coefficient (Wildman–Crippen LogP) is 2.43. The first kappa shape index (κ1) is 12.7. The molecule has 0 radical (unpaired) electrons.